The molecule has 104 valence electrons. The van der Waals surface area contributed by atoms with Crippen LogP contribution in [0.15, 0.2) is 18.2 Å². The number of benzene rings is 1. The van der Waals surface area contributed by atoms with Crippen LogP contribution in [0.1, 0.15) is 29.8 Å². The van der Waals surface area contributed by atoms with Gasteiger partial charge in [-0.15, -0.1) is 0 Å². The summed E-state index contributed by atoms with van der Waals surface area (Å²) in [6.07, 6.45) is 0. The maximum Gasteiger partial charge on any atom is 0.269 e. The number of carbonyl (C=O) groups excluding carboxylic acids is 1. The van der Waals surface area contributed by atoms with Gasteiger partial charge in [0.05, 0.1) is 4.92 Å². The van der Waals surface area contributed by atoms with Crippen molar-refractivity contribution in [1.29, 1.82) is 0 Å². The van der Waals surface area contributed by atoms with Gasteiger partial charge in [0.1, 0.15) is 0 Å². The Labute approximate surface area is 120 Å². The van der Waals surface area contributed by atoms with Gasteiger partial charge in [0, 0.05) is 29.1 Å². The average Bonchev–Trinajstić information content (AvgIpc) is 2.34. The second kappa shape index (κ2) is 6.65. The van der Waals surface area contributed by atoms with Crippen LogP contribution < -0.4 is 5.32 Å². The number of hydrogen-bond acceptors (Lipinski definition) is 3. The van der Waals surface area contributed by atoms with E-state index in [0.29, 0.717) is 22.4 Å². The van der Waals surface area contributed by atoms with Gasteiger partial charge in [0.2, 0.25) is 0 Å². The Bertz CT molecular complexity index is 489. The minimum absolute atomic E-state index is 0.00467. The van der Waals surface area contributed by atoms with E-state index >= 15 is 0 Å². The number of nitro benzene ring substituents is 1. The zero-order valence-electron chi connectivity index (χ0n) is 11.1. The fraction of sp³-hybridized carbons (Fsp3) is 0.462. The number of aryl methyl sites for hydroxylation is 1. The molecular formula is C13H17BrN2O3. The summed E-state index contributed by atoms with van der Waals surface area (Å²) in [5.74, 6) is 0.104. The van der Waals surface area contributed by atoms with Crippen LogP contribution in [0.3, 0.4) is 0 Å². The third-order valence-corrected chi connectivity index (χ3v) is 3.65. The molecule has 0 fully saturated rings. The van der Waals surface area contributed by atoms with Gasteiger partial charge in [-0.1, -0.05) is 29.8 Å². The van der Waals surface area contributed by atoms with Crippen LogP contribution >= 0.6 is 15.9 Å². The molecule has 6 heteroatoms. The average molecular weight is 329 g/mol. The van der Waals surface area contributed by atoms with E-state index in [-0.39, 0.29) is 17.6 Å². The molecule has 1 N–H and O–H groups in total. The molecule has 0 aliphatic carbocycles. The molecule has 0 radical (unpaired) electrons. The van der Waals surface area contributed by atoms with E-state index in [2.05, 4.69) is 21.2 Å². The largest absolute Gasteiger partial charge is 0.348 e. The van der Waals surface area contributed by atoms with Gasteiger partial charge in [-0.05, 0) is 24.5 Å². The van der Waals surface area contributed by atoms with Crippen LogP contribution in [0, 0.1) is 23.0 Å². The minimum Gasteiger partial charge on any atom is -0.348 e. The molecule has 0 bridgehead atoms. The third-order valence-electron chi connectivity index (χ3n) is 2.95. The van der Waals surface area contributed by atoms with Crippen LogP contribution in [0.2, 0.25) is 0 Å². The molecular weight excluding hydrogens is 312 g/mol. The lowest BCUT2D eigenvalue weighted by molar-refractivity contribution is -0.384. The molecule has 0 saturated heterocycles. The maximum absolute atomic E-state index is 12.1. The lowest BCUT2D eigenvalue weighted by atomic mass is 10.0. The van der Waals surface area contributed by atoms with Crippen molar-refractivity contribution in [2.75, 3.05) is 5.33 Å². The molecule has 0 heterocycles. The normalized spacial score (nSPS) is 12.3. The minimum atomic E-state index is -0.468. The molecule has 0 aromatic heterocycles. The number of nitrogens with one attached hydrogen (secondary N) is 1. The first-order valence-electron chi connectivity index (χ1n) is 5.98. The number of hydrogen-bond donors (Lipinski definition) is 1. The number of alkyl halides is 1. The molecule has 1 rings (SSSR count). The Morgan fingerprint density at radius 1 is 1.47 bits per heavy atom. The first kappa shape index (κ1) is 15.6. The summed E-state index contributed by atoms with van der Waals surface area (Å²) in [5, 5.41) is 14.2. The Hall–Kier alpha value is -1.43. The predicted octanol–water partition coefficient (Wildman–Crippen LogP) is 3.05. The Kier molecular flexibility index (Phi) is 5.47. The fourth-order valence-electron chi connectivity index (χ4n) is 1.65. The van der Waals surface area contributed by atoms with Crippen molar-refractivity contribution in [2.45, 2.75) is 26.8 Å². The molecule has 5 nitrogen and oxygen atoms in total. The summed E-state index contributed by atoms with van der Waals surface area (Å²) < 4.78 is 0. The van der Waals surface area contributed by atoms with Crippen LogP contribution in [0.25, 0.3) is 0 Å². The van der Waals surface area contributed by atoms with E-state index in [4.69, 9.17) is 0 Å². The first-order valence-corrected chi connectivity index (χ1v) is 7.10. The molecule has 1 amide bonds. The summed E-state index contributed by atoms with van der Waals surface area (Å²) in [6, 6.07) is 4.28. The zero-order valence-corrected chi connectivity index (χ0v) is 12.7. The quantitative estimate of drug-likeness (QED) is 0.513. The summed E-state index contributed by atoms with van der Waals surface area (Å²) in [5.41, 5.74) is 1.07. The number of amides is 1. The maximum atomic E-state index is 12.1. The van der Waals surface area contributed by atoms with Gasteiger partial charge in [-0.25, -0.2) is 0 Å². The highest BCUT2D eigenvalue weighted by atomic mass is 79.9. The van der Waals surface area contributed by atoms with Crippen molar-refractivity contribution < 1.29 is 9.72 Å². The lowest BCUT2D eigenvalue weighted by Crippen LogP contribution is -2.40. The topological polar surface area (TPSA) is 72.2 Å². The van der Waals surface area contributed by atoms with Crippen molar-refractivity contribution in [3.05, 3.63) is 39.4 Å². The van der Waals surface area contributed by atoms with E-state index in [1.165, 1.54) is 18.2 Å². The number of carbonyl (C=O) groups is 1. The van der Waals surface area contributed by atoms with Crippen LogP contribution in [0.5, 0.6) is 0 Å². The van der Waals surface area contributed by atoms with Gasteiger partial charge in [0.15, 0.2) is 0 Å². The van der Waals surface area contributed by atoms with E-state index < -0.39 is 4.92 Å². The second-order valence-electron chi connectivity index (χ2n) is 4.73. The van der Waals surface area contributed by atoms with E-state index in [0.717, 1.165) is 0 Å². The van der Waals surface area contributed by atoms with Gasteiger partial charge in [-0.3, -0.25) is 14.9 Å². The SMILES string of the molecule is Cc1cc([N+](=O)[O-])ccc1C(=O)NC(CBr)C(C)C. The molecule has 0 saturated carbocycles. The third kappa shape index (κ3) is 4.02. The van der Waals surface area contributed by atoms with Crippen molar-refractivity contribution in [1.82, 2.24) is 5.32 Å². The van der Waals surface area contributed by atoms with E-state index in [9.17, 15) is 14.9 Å². The molecule has 1 aromatic rings. The van der Waals surface area contributed by atoms with Crippen molar-refractivity contribution in [2.24, 2.45) is 5.92 Å². The second-order valence-corrected chi connectivity index (χ2v) is 5.38. The zero-order chi connectivity index (χ0) is 14.6. The van der Waals surface area contributed by atoms with Crippen LogP contribution in [0.4, 0.5) is 5.69 Å². The highest BCUT2D eigenvalue weighted by molar-refractivity contribution is 9.09. The van der Waals surface area contributed by atoms with Gasteiger partial charge in [0.25, 0.3) is 11.6 Å². The summed E-state index contributed by atoms with van der Waals surface area (Å²) in [7, 11) is 0. The van der Waals surface area contributed by atoms with Crippen LogP contribution in [-0.4, -0.2) is 22.2 Å². The standard InChI is InChI=1S/C13H17BrN2O3/c1-8(2)12(7-14)15-13(17)11-5-4-10(16(18)19)6-9(11)3/h4-6,8,12H,7H2,1-3H3,(H,15,17). The highest BCUT2D eigenvalue weighted by Gasteiger charge is 2.18. The molecule has 1 atom stereocenters. The Morgan fingerprint density at radius 3 is 2.53 bits per heavy atom. The highest BCUT2D eigenvalue weighted by Crippen LogP contribution is 2.17. The number of nitrogens with zero attached hydrogens (tertiary/aromatic N) is 1. The van der Waals surface area contributed by atoms with Crippen LogP contribution in [-0.2, 0) is 0 Å². The molecule has 0 spiro atoms. The van der Waals surface area contributed by atoms with Gasteiger partial charge in [-0.2, -0.15) is 0 Å². The summed E-state index contributed by atoms with van der Waals surface area (Å²) in [6.45, 7) is 5.74. The predicted molar refractivity (Wildman–Crippen MR) is 77.7 cm³/mol. The van der Waals surface area contributed by atoms with E-state index in [1.54, 1.807) is 6.92 Å². The number of non-ortho nitro benzene ring substituents is 1. The molecule has 19 heavy (non-hydrogen) atoms. The Balaban J connectivity index is 2.91. The van der Waals surface area contributed by atoms with Gasteiger partial charge < -0.3 is 5.32 Å². The first-order chi connectivity index (χ1) is 8.86. The molecule has 1 aromatic carbocycles. The molecule has 0 aliphatic heterocycles. The van der Waals surface area contributed by atoms with E-state index in [1.807, 2.05) is 13.8 Å². The number of rotatable bonds is 5. The number of halogens is 1. The molecule has 1 unspecified atom stereocenters. The lowest BCUT2D eigenvalue weighted by Gasteiger charge is -2.20. The van der Waals surface area contributed by atoms with Crippen molar-refractivity contribution >= 4 is 27.5 Å². The van der Waals surface area contributed by atoms with Crippen molar-refractivity contribution in [3.8, 4) is 0 Å². The molecule has 0 aliphatic rings. The van der Waals surface area contributed by atoms with Crippen molar-refractivity contribution in [3.63, 3.8) is 0 Å². The fourth-order valence-corrected chi connectivity index (χ4v) is 2.56. The summed E-state index contributed by atoms with van der Waals surface area (Å²) in [4.78, 5) is 22.3. The summed E-state index contributed by atoms with van der Waals surface area (Å²) >= 11 is 3.36. The van der Waals surface area contributed by atoms with Gasteiger partial charge >= 0.3 is 0 Å². The number of nitro groups is 1. The monoisotopic (exact) mass is 328 g/mol. The smallest absolute Gasteiger partial charge is 0.269 e. The Morgan fingerprint density at radius 2 is 2.11 bits per heavy atom.